The van der Waals surface area contributed by atoms with Gasteiger partial charge >= 0.3 is 5.97 Å². The van der Waals surface area contributed by atoms with Gasteiger partial charge < -0.3 is 33.7 Å². The van der Waals surface area contributed by atoms with Crippen molar-refractivity contribution < 1.29 is 37.1 Å². The van der Waals surface area contributed by atoms with E-state index in [1.165, 1.54) is 21.7 Å². The third kappa shape index (κ3) is 12.1. The Hall–Kier alpha value is -6.06. The highest BCUT2D eigenvalue weighted by Gasteiger charge is 2.66. The maximum absolute atomic E-state index is 13.6. The number of para-hydroxylation sites is 2. The van der Waals surface area contributed by atoms with E-state index in [0.717, 1.165) is 59.8 Å². The van der Waals surface area contributed by atoms with Gasteiger partial charge in [0.1, 0.15) is 0 Å². The van der Waals surface area contributed by atoms with Crippen molar-refractivity contribution in [3.63, 3.8) is 0 Å². The summed E-state index contributed by atoms with van der Waals surface area (Å²) in [4.78, 5) is 39.3. The first kappa shape index (κ1) is 58.7. The molecule has 4 aromatic heterocycles. The van der Waals surface area contributed by atoms with Gasteiger partial charge in [-0.2, -0.15) is 5.10 Å². The number of carboxylic acid groups (broad SMARTS) is 1. The summed E-state index contributed by atoms with van der Waals surface area (Å²) in [7, 11) is -6.01. The number of hydrogen-bond acceptors (Lipinski definition) is 12. The van der Waals surface area contributed by atoms with Crippen LogP contribution in [0.3, 0.4) is 0 Å². The van der Waals surface area contributed by atoms with Crippen LogP contribution in [0, 0.1) is 28.6 Å². The number of thiazole rings is 1. The molecule has 4 saturated carbocycles. The molecule has 6 N–H and O–H groups in total. The van der Waals surface area contributed by atoms with E-state index in [9.17, 15) is 23.8 Å². The zero-order valence-electron chi connectivity index (χ0n) is 49.0. The van der Waals surface area contributed by atoms with Crippen LogP contribution in [-0.2, 0) is 19.9 Å². The summed E-state index contributed by atoms with van der Waals surface area (Å²) in [6.45, 7) is 20.6. The molecule has 4 aliphatic carbocycles. The number of carbonyl (C=O) groups excluding carboxylic acids is 1. The number of ether oxygens (including phenoxy) is 1. The molecule has 0 saturated heterocycles. The van der Waals surface area contributed by atoms with Crippen LogP contribution < -0.4 is 21.0 Å². The lowest BCUT2D eigenvalue weighted by Crippen LogP contribution is -2.66. The molecule has 4 heterocycles. The third-order valence-electron chi connectivity index (χ3n) is 17.7. The Morgan fingerprint density at radius 2 is 1.48 bits per heavy atom. The van der Waals surface area contributed by atoms with Crippen LogP contribution in [-0.4, -0.2) is 103 Å². The summed E-state index contributed by atoms with van der Waals surface area (Å²) < 4.78 is 45.3. The van der Waals surface area contributed by atoms with Crippen LogP contribution >= 0.6 is 22.2 Å². The van der Waals surface area contributed by atoms with E-state index >= 15 is 0 Å². The number of aromatic amines is 1. The van der Waals surface area contributed by atoms with E-state index < -0.39 is 25.2 Å². The highest BCUT2D eigenvalue weighted by molar-refractivity contribution is 8.20. The van der Waals surface area contributed by atoms with Crippen molar-refractivity contribution in [2.45, 2.75) is 118 Å². The Morgan fingerprint density at radius 1 is 0.795 bits per heavy atom. The molecule has 1 amide bonds. The SMILES string of the molecule is Cc1c(-c2ccc(-c3cc4cccc(C(=O)Nc5nc6ccccc6s5)c4[nH]3)nc2C(=O)O)cnn1CC12CC3(C)CC(C)(C1)CC(OCCNCCS(O)(O)OCC(C)(C)CCO[Si](c1ccccc1)(c1ccccc1)C(C)(C)C)(C3)C2. The first-order chi connectivity index (χ1) is 39.4. The fourth-order valence-electron chi connectivity index (χ4n) is 15.2. The van der Waals surface area contributed by atoms with Gasteiger partial charge in [-0.25, -0.2) is 14.8 Å². The molecule has 15 nitrogen and oxygen atoms in total. The second kappa shape index (κ2) is 22.4. The van der Waals surface area contributed by atoms with Gasteiger partial charge in [0, 0.05) is 48.4 Å². The predicted molar refractivity (Wildman–Crippen MR) is 336 cm³/mol. The van der Waals surface area contributed by atoms with Gasteiger partial charge in [0.05, 0.1) is 74.3 Å². The number of fused-ring (bicyclic) bond motifs is 2. The molecule has 4 aromatic carbocycles. The number of aromatic nitrogens is 5. The Bertz CT molecular complexity index is 3580. The summed E-state index contributed by atoms with van der Waals surface area (Å²) in [5.74, 6) is -1.38. The van der Waals surface area contributed by atoms with Crippen molar-refractivity contribution in [2.24, 2.45) is 21.7 Å². The second-order valence-corrected chi connectivity index (χ2v) is 33.7. The number of nitrogens with zero attached hydrogens (tertiary/aromatic N) is 4. The molecular formula is C65H79N7O8S2Si. The molecule has 4 fully saturated rings. The number of rotatable bonds is 23. The van der Waals surface area contributed by atoms with Crippen molar-refractivity contribution in [2.75, 3.05) is 44.0 Å². The topological polar surface area (TPSA) is 206 Å². The van der Waals surface area contributed by atoms with Crippen molar-refractivity contribution in [3.05, 3.63) is 144 Å². The third-order valence-corrected chi connectivity index (χ3v) is 24.9. The van der Waals surface area contributed by atoms with E-state index in [0.29, 0.717) is 78.0 Å². The summed E-state index contributed by atoms with van der Waals surface area (Å²) in [5, 5.41) is 25.6. The Balaban J connectivity index is 0.698. The molecule has 2 unspecified atom stereocenters. The summed E-state index contributed by atoms with van der Waals surface area (Å²) in [6, 6.07) is 39.9. The summed E-state index contributed by atoms with van der Waals surface area (Å²) in [5.41, 5.74) is 4.30. The molecule has 83 heavy (non-hydrogen) atoms. The molecule has 0 aliphatic heterocycles. The molecule has 438 valence electrons. The van der Waals surface area contributed by atoms with Gasteiger partial charge in [-0.05, 0) is 125 Å². The molecule has 0 spiro atoms. The number of pyridine rings is 1. The number of benzene rings is 4. The first-order valence-electron chi connectivity index (χ1n) is 29.0. The number of amides is 1. The van der Waals surface area contributed by atoms with Crippen LogP contribution in [0.4, 0.5) is 5.13 Å². The van der Waals surface area contributed by atoms with Gasteiger partial charge in [0.2, 0.25) is 0 Å². The highest BCUT2D eigenvalue weighted by atomic mass is 32.3. The molecule has 12 rings (SSSR count). The number of anilines is 1. The summed E-state index contributed by atoms with van der Waals surface area (Å²) >= 11 is 1.41. The fourth-order valence-corrected chi connectivity index (χ4v) is 21.7. The molecular weight excluding hydrogens is 1100 g/mol. The molecule has 8 aromatic rings. The first-order valence-corrected chi connectivity index (χ1v) is 33.3. The van der Waals surface area contributed by atoms with Gasteiger partial charge in [0.25, 0.3) is 14.2 Å². The number of carboxylic acids is 1. The molecule has 0 radical (unpaired) electrons. The number of nitrogens with one attached hydrogen (secondary N) is 3. The number of hydrogen-bond donors (Lipinski definition) is 6. The van der Waals surface area contributed by atoms with Crippen LogP contribution in [0.1, 0.15) is 120 Å². The van der Waals surface area contributed by atoms with Crippen molar-refractivity contribution >= 4 is 79.0 Å². The monoisotopic (exact) mass is 1180 g/mol. The Kier molecular flexibility index (Phi) is 15.9. The minimum absolute atomic E-state index is 0.0745. The maximum atomic E-state index is 13.6. The van der Waals surface area contributed by atoms with Crippen LogP contribution in [0.2, 0.25) is 5.04 Å². The van der Waals surface area contributed by atoms with Crippen molar-refractivity contribution in [3.8, 4) is 22.5 Å². The van der Waals surface area contributed by atoms with Gasteiger partial charge in [-0.15, -0.1) is 0 Å². The minimum atomic E-state index is -3.30. The van der Waals surface area contributed by atoms with E-state index in [-0.39, 0.29) is 56.3 Å². The average molecular weight is 1180 g/mol. The minimum Gasteiger partial charge on any atom is -0.476 e. The second-order valence-electron chi connectivity index (χ2n) is 26.6. The van der Waals surface area contributed by atoms with E-state index in [2.05, 4.69) is 122 Å². The van der Waals surface area contributed by atoms with Crippen LogP contribution in [0.5, 0.6) is 0 Å². The van der Waals surface area contributed by atoms with Crippen LogP contribution in [0.25, 0.3) is 43.6 Å². The smallest absolute Gasteiger partial charge is 0.355 e. The Labute approximate surface area is 493 Å². The maximum Gasteiger partial charge on any atom is 0.355 e. The van der Waals surface area contributed by atoms with Gasteiger partial charge in [0.15, 0.2) is 10.8 Å². The Morgan fingerprint density at radius 3 is 2.16 bits per heavy atom. The zero-order chi connectivity index (χ0) is 58.6. The molecule has 4 aliphatic rings. The van der Waals surface area contributed by atoms with E-state index in [4.69, 9.17) is 23.4 Å². The van der Waals surface area contributed by atoms with E-state index in [1.54, 1.807) is 12.3 Å². The van der Waals surface area contributed by atoms with Crippen LogP contribution in [0.15, 0.2) is 128 Å². The highest BCUT2D eigenvalue weighted by Crippen LogP contribution is 2.72. The number of H-pyrrole nitrogens is 1. The quantitative estimate of drug-likeness (QED) is 0.0261. The van der Waals surface area contributed by atoms with Gasteiger partial charge in [-0.3, -0.25) is 19.0 Å². The molecule has 2 atom stereocenters. The standard InChI is InChI=1S/C65H79N7O8S2Si/c1-44-50(48-26-27-51(68-56(48)58(74)75)53-34-45-18-17-23-49(55(45)69-53)57(73)71-59-70-52-24-15-16-25-54(52)81-59)35-67-72(44)42-64-37-62(7)36-63(8,38-64)40-65(39-62,41-64)78-32-29-66-30-33-82(76,77)79-43-61(5,6)28-31-80-83(60(2,3)4,46-19-11-9-12-20-46)47-21-13-10-14-22-47/h9-27,34-35,66,69,76-77H,28-33,36-43H2,1-8H3,(H,74,75)(H,70,71,73). The molecule has 18 heteroatoms. The number of carbonyl (C=O) groups is 2. The molecule has 4 bridgehead atoms. The lowest BCUT2D eigenvalue weighted by molar-refractivity contribution is -0.247. The predicted octanol–water partition coefficient (Wildman–Crippen LogP) is 13.4. The van der Waals surface area contributed by atoms with Crippen molar-refractivity contribution in [1.29, 1.82) is 0 Å². The normalized spacial score (nSPS) is 22.0. The summed E-state index contributed by atoms with van der Waals surface area (Å²) in [6.07, 6.45) is 8.59. The van der Waals surface area contributed by atoms with Gasteiger partial charge in [-0.1, -0.05) is 145 Å². The average Bonchev–Trinajstić information content (AvgIpc) is 4.33. The largest absolute Gasteiger partial charge is 0.476 e. The van der Waals surface area contributed by atoms with Crippen molar-refractivity contribution in [1.82, 2.24) is 30.0 Å². The lowest BCUT2D eigenvalue weighted by Gasteiger charge is -2.69. The lowest BCUT2D eigenvalue weighted by atomic mass is 9.39. The van der Waals surface area contributed by atoms with E-state index in [1.807, 2.05) is 73.7 Å². The number of aromatic carboxylic acids is 1. The fraction of sp³-hybridized carbons (Fsp3) is 0.431. The zero-order valence-corrected chi connectivity index (χ0v) is 51.6.